The molecule has 0 spiro atoms. The molecule has 0 bridgehead atoms. The van der Waals surface area contributed by atoms with Crippen LogP contribution in [0.2, 0.25) is 0 Å². The molecule has 1 unspecified atom stereocenters. The molecule has 0 radical (unpaired) electrons. The van der Waals surface area contributed by atoms with E-state index in [4.69, 9.17) is 5.73 Å². The van der Waals surface area contributed by atoms with Crippen LogP contribution in [0, 0.1) is 9.49 Å². The van der Waals surface area contributed by atoms with Gasteiger partial charge in [0.15, 0.2) is 0 Å². The number of nitrogens with zero attached hydrogens (tertiary/aromatic N) is 1. The van der Waals surface area contributed by atoms with Crippen molar-refractivity contribution >= 4 is 28.4 Å². The Morgan fingerprint density at radius 3 is 2.93 bits per heavy atom. The van der Waals surface area contributed by atoms with Gasteiger partial charge >= 0.3 is 0 Å². The van der Waals surface area contributed by atoms with E-state index in [0.29, 0.717) is 21.9 Å². The van der Waals surface area contributed by atoms with Crippen molar-refractivity contribution in [2.75, 3.05) is 11.9 Å². The summed E-state index contributed by atoms with van der Waals surface area (Å²) < 4.78 is 0.561. The highest BCUT2D eigenvalue weighted by atomic mass is 127. The lowest BCUT2D eigenvalue weighted by Crippen LogP contribution is -2.34. The van der Waals surface area contributed by atoms with E-state index in [-0.39, 0.29) is 11.6 Å². The third-order valence-corrected chi connectivity index (χ3v) is 3.16. The molecule has 0 aliphatic rings. The fourth-order valence-corrected chi connectivity index (χ4v) is 1.44. The summed E-state index contributed by atoms with van der Waals surface area (Å²) in [5, 5.41) is 3.07. The van der Waals surface area contributed by atoms with Gasteiger partial charge in [0.05, 0.1) is 6.33 Å². The first-order valence-corrected chi connectivity index (χ1v) is 5.83. The van der Waals surface area contributed by atoms with Crippen molar-refractivity contribution in [2.24, 2.45) is 11.7 Å². The zero-order chi connectivity index (χ0) is 11.4. The maximum absolute atomic E-state index is 11.2. The van der Waals surface area contributed by atoms with E-state index in [1.807, 2.05) is 22.6 Å². The van der Waals surface area contributed by atoms with Gasteiger partial charge in [-0.15, -0.1) is 0 Å². The molecule has 1 atom stereocenters. The quantitative estimate of drug-likeness (QED) is 0.715. The first kappa shape index (κ1) is 12.4. The normalized spacial score (nSPS) is 12.9. The van der Waals surface area contributed by atoms with E-state index in [1.165, 1.54) is 6.33 Å². The van der Waals surface area contributed by atoms with Crippen LogP contribution < -0.4 is 16.6 Å². The average Bonchev–Trinajstić information content (AvgIpc) is 2.19. The van der Waals surface area contributed by atoms with Gasteiger partial charge in [-0.25, -0.2) is 4.98 Å². The second kappa shape index (κ2) is 5.45. The Bertz CT molecular complexity index is 377. The fourth-order valence-electron chi connectivity index (χ4n) is 0.956. The summed E-state index contributed by atoms with van der Waals surface area (Å²) in [6.45, 7) is 4.73. The van der Waals surface area contributed by atoms with Crippen LogP contribution in [0.5, 0.6) is 0 Å². The molecule has 15 heavy (non-hydrogen) atoms. The molecule has 1 aromatic rings. The van der Waals surface area contributed by atoms with E-state index in [2.05, 4.69) is 29.1 Å². The molecule has 1 rings (SSSR count). The highest BCUT2D eigenvalue weighted by Gasteiger charge is 2.09. The summed E-state index contributed by atoms with van der Waals surface area (Å²) in [5.74, 6) is 0.993. The van der Waals surface area contributed by atoms with Crippen molar-refractivity contribution in [3.63, 3.8) is 0 Å². The largest absolute Gasteiger partial charge is 0.367 e. The third kappa shape index (κ3) is 3.45. The molecule has 6 heteroatoms. The Morgan fingerprint density at radius 2 is 2.33 bits per heavy atom. The Labute approximate surface area is 102 Å². The van der Waals surface area contributed by atoms with E-state index < -0.39 is 0 Å². The standard InChI is InChI=1S/C9H15IN4O/c1-5(2)6(11)3-12-8-7(10)9(15)14-4-13-8/h4-6H,3,11H2,1-2H3,(H2,12,13,14,15). The number of anilines is 1. The summed E-state index contributed by atoms with van der Waals surface area (Å²) >= 11 is 1.96. The SMILES string of the molecule is CC(C)C(N)CNc1nc[nH]c(=O)c1I. The average molecular weight is 322 g/mol. The Kier molecular flexibility index (Phi) is 4.52. The Morgan fingerprint density at radius 1 is 1.67 bits per heavy atom. The lowest BCUT2D eigenvalue weighted by molar-refractivity contribution is 0.511. The first-order chi connectivity index (χ1) is 7.02. The fraction of sp³-hybridized carbons (Fsp3) is 0.556. The first-order valence-electron chi connectivity index (χ1n) is 4.75. The summed E-state index contributed by atoms with van der Waals surface area (Å²) in [4.78, 5) is 17.8. The van der Waals surface area contributed by atoms with E-state index in [0.717, 1.165) is 0 Å². The van der Waals surface area contributed by atoms with Crippen LogP contribution in [0.3, 0.4) is 0 Å². The van der Waals surface area contributed by atoms with Crippen LogP contribution in [-0.4, -0.2) is 22.6 Å². The minimum absolute atomic E-state index is 0.0573. The van der Waals surface area contributed by atoms with E-state index in [9.17, 15) is 4.79 Å². The lowest BCUT2D eigenvalue weighted by atomic mass is 10.1. The molecular formula is C9H15IN4O. The van der Waals surface area contributed by atoms with Crippen molar-refractivity contribution in [3.05, 3.63) is 20.3 Å². The van der Waals surface area contributed by atoms with Crippen LogP contribution >= 0.6 is 22.6 Å². The molecular weight excluding hydrogens is 307 g/mol. The van der Waals surface area contributed by atoms with Crippen molar-refractivity contribution in [1.82, 2.24) is 9.97 Å². The van der Waals surface area contributed by atoms with Crippen molar-refractivity contribution < 1.29 is 0 Å². The number of halogens is 1. The summed E-state index contributed by atoms with van der Waals surface area (Å²) in [7, 11) is 0. The lowest BCUT2D eigenvalue weighted by Gasteiger charge is -2.16. The molecule has 4 N–H and O–H groups in total. The van der Waals surface area contributed by atoms with Crippen LogP contribution in [0.15, 0.2) is 11.1 Å². The number of nitrogens with one attached hydrogen (secondary N) is 2. The molecule has 5 nitrogen and oxygen atoms in total. The number of aromatic nitrogens is 2. The number of aromatic amines is 1. The Hall–Kier alpha value is -0.630. The number of nitrogens with two attached hydrogens (primary N) is 1. The zero-order valence-corrected chi connectivity index (χ0v) is 10.9. The monoisotopic (exact) mass is 322 g/mol. The molecule has 1 aromatic heterocycles. The summed E-state index contributed by atoms with van der Waals surface area (Å²) in [6.07, 6.45) is 1.38. The molecule has 0 fully saturated rings. The topological polar surface area (TPSA) is 83.8 Å². The van der Waals surface area contributed by atoms with Crippen LogP contribution in [0.25, 0.3) is 0 Å². The molecule has 0 amide bonds. The van der Waals surface area contributed by atoms with Crippen molar-refractivity contribution in [3.8, 4) is 0 Å². The third-order valence-electron chi connectivity index (χ3n) is 2.16. The van der Waals surface area contributed by atoms with Gasteiger partial charge in [0.2, 0.25) is 0 Å². The van der Waals surface area contributed by atoms with Gasteiger partial charge in [-0.05, 0) is 28.5 Å². The number of H-pyrrole nitrogens is 1. The molecule has 0 aliphatic heterocycles. The molecule has 0 aliphatic carbocycles. The second-order valence-electron chi connectivity index (χ2n) is 3.68. The molecule has 0 aromatic carbocycles. The van der Waals surface area contributed by atoms with Crippen LogP contribution in [-0.2, 0) is 0 Å². The number of rotatable bonds is 4. The smallest absolute Gasteiger partial charge is 0.266 e. The van der Waals surface area contributed by atoms with E-state index >= 15 is 0 Å². The summed E-state index contributed by atoms with van der Waals surface area (Å²) in [5.41, 5.74) is 5.74. The maximum atomic E-state index is 11.2. The van der Waals surface area contributed by atoms with Crippen LogP contribution in [0.4, 0.5) is 5.82 Å². The second-order valence-corrected chi connectivity index (χ2v) is 4.76. The van der Waals surface area contributed by atoms with Gasteiger partial charge in [-0.3, -0.25) is 4.79 Å². The van der Waals surface area contributed by atoms with Gasteiger partial charge in [-0.2, -0.15) is 0 Å². The molecule has 1 heterocycles. The highest BCUT2D eigenvalue weighted by Crippen LogP contribution is 2.09. The van der Waals surface area contributed by atoms with Crippen molar-refractivity contribution in [2.45, 2.75) is 19.9 Å². The minimum Gasteiger partial charge on any atom is -0.367 e. The van der Waals surface area contributed by atoms with Gasteiger partial charge < -0.3 is 16.0 Å². The van der Waals surface area contributed by atoms with Gasteiger partial charge in [0, 0.05) is 12.6 Å². The van der Waals surface area contributed by atoms with Crippen molar-refractivity contribution in [1.29, 1.82) is 0 Å². The molecule has 0 saturated carbocycles. The minimum atomic E-state index is -0.133. The predicted octanol–water partition coefficient (Wildman–Crippen LogP) is 0.770. The number of hydrogen-bond acceptors (Lipinski definition) is 4. The molecule has 0 saturated heterocycles. The van der Waals surface area contributed by atoms with Gasteiger partial charge in [0.25, 0.3) is 5.56 Å². The maximum Gasteiger partial charge on any atom is 0.266 e. The van der Waals surface area contributed by atoms with Gasteiger partial charge in [0.1, 0.15) is 9.39 Å². The summed E-state index contributed by atoms with van der Waals surface area (Å²) in [6, 6.07) is 0.0573. The number of hydrogen-bond donors (Lipinski definition) is 3. The van der Waals surface area contributed by atoms with E-state index in [1.54, 1.807) is 0 Å². The molecule has 84 valence electrons. The predicted molar refractivity (Wildman–Crippen MR) is 68.9 cm³/mol. The highest BCUT2D eigenvalue weighted by molar-refractivity contribution is 14.1. The van der Waals surface area contributed by atoms with Crippen LogP contribution in [0.1, 0.15) is 13.8 Å². The zero-order valence-electron chi connectivity index (χ0n) is 8.75. The Balaban J connectivity index is 2.66. The van der Waals surface area contributed by atoms with Gasteiger partial charge in [-0.1, -0.05) is 13.8 Å².